The predicted molar refractivity (Wildman–Crippen MR) is 87.0 cm³/mol. The summed E-state index contributed by atoms with van der Waals surface area (Å²) in [4.78, 5) is 24.9. The van der Waals surface area contributed by atoms with Crippen molar-refractivity contribution in [1.82, 2.24) is 4.90 Å². The molecule has 1 aromatic carbocycles. The third-order valence-corrected chi connectivity index (χ3v) is 3.95. The minimum Gasteiger partial charge on any atom is -0.465 e. The summed E-state index contributed by atoms with van der Waals surface area (Å²) < 4.78 is 87.6. The average Bonchev–Trinajstić information content (AvgIpc) is 2.98. The van der Waals surface area contributed by atoms with Gasteiger partial charge in [0.25, 0.3) is 5.91 Å². The summed E-state index contributed by atoms with van der Waals surface area (Å²) in [7, 11) is 2.32. The number of halogens is 6. The topological polar surface area (TPSA) is 59.8 Å². The number of carbonyl (C=O) groups excluding carboxylic acids is 2. The number of furan rings is 1. The summed E-state index contributed by atoms with van der Waals surface area (Å²) >= 11 is 0. The van der Waals surface area contributed by atoms with Gasteiger partial charge in [-0.2, -0.15) is 26.3 Å². The molecule has 0 saturated carbocycles. The van der Waals surface area contributed by atoms with Crippen LogP contribution in [0.25, 0.3) is 0 Å². The zero-order chi connectivity index (χ0) is 22.1. The van der Waals surface area contributed by atoms with Crippen molar-refractivity contribution in [2.45, 2.75) is 25.8 Å². The van der Waals surface area contributed by atoms with Gasteiger partial charge in [0.05, 0.1) is 24.8 Å². The van der Waals surface area contributed by atoms with Gasteiger partial charge < -0.3 is 14.1 Å². The minimum absolute atomic E-state index is 0.0602. The Balaban J connectivity index is 2.35. The lowest BCUT2D eigenvalue weighted by Gasteiger charge is -2.18. The van der Waals surface area contributed by atoms with E-state index in [1.165, 1.54) is 20.0 Å². The SMILES string of the molecule is COC(=O)c1cc(CN(C)C(=O)c2cc(C(F)(F)F)cc(C(F)(F)F)c2)oc1C. The van der Waals surface area contributed by atoms with E-state index in [1.807, 2.05) is 0 Å². The van der Waals surface area contributed by atoms with Crippen LogP contribution in [0.5, 0.6) is 0 Å². The summed E-state index contributed by atoms with van der Waals surface area (Å²) in [5.74, 6) is -1.50. The molecule has 0 spiro atoms. The highest BCUT2D eigenvalue weighted by Crippen LogP contribution is 2.36. The van der Waals surface area contributed by atoms with Crippen molar-refractivity contribution >= 4 is 11.9 Å². The van der Waals surface area contributed by atoms with E-state index in [-0.39, 0.29) is 29.7 Å². The zero-order valence-electron chi connectivity index (χ0n) is 15.4. The van der Waals surface area contributed by atoms with E-state index < -0.39 is 40.9 Å². The van der Waals surface area contributed by atoms with E-state index in [1.54, 1.807) is 0 Å². The van der Waals surface area contributed by atoms with Crippen LogP contribution in [0.4, 0.5) is 26.3 Å². The standard InChI is InChI=1S/C18H15F6NO4/c1-9-14(16(27)28-3)7-13(29-9)8-25(2)15(26)10-4-11(17(19,20)21)6-12(5-10)18(22,23)24/h4-7H,8H2,1-3H3. The molecule has 0 fully saturated rings. The van der Waals surface area contributed by atoms with Crippen LogP contribution in [0.2, 0.25) is 0 Å². The number of alkyl halides is 6. The maximum absolute atomic E-state index is 13.0. The zero-order valence-corrected chi connectivity index (χ0v) is 15.4. The van der Waals surface area contributed by atoms with Gasteiger partial charge >= 0.3 is 18.3 Å². The number of aryl methyl sites for hydroxylation is 1. The van der Waals surface area contributed by atoms with Gasteiger partial charge in [-0.05, 0) is 31.2 Å². The lowest BCUT2D eigenvalue weighted by Crippen LogP contribution is -2.27. The largest absolute Gasteiger partial charge is 0.465 e. The molecule has 0 saturated heterocycles. The van der Waals surface area contributed by atoms with Crippen molar-refractivity contribution in [3.8, 4) is 0 Å². The van der Waals surface area contributed by atoms with E-state index in [9.17, 15) is 35.9 Å². The molecular formula is C18H15F6NO4. The quantitative estimate of drug-likeness (QED) is 0.529. The Hall–Kier alpha value is -2.98. The molecule has 0 aliphatic heterocycles. The van der Waals surface area contributed by atoms with Gasteiger partial charge in [-0.3, -0.25) is 4.79 Å². The Bertz CT molecular complexity index is 897. The Morgan fingerprint density at radius 1 is 1.00 bits per heavy atom. The first-order valence-electron chi connectivity index (χ1n) is 7.96. The van der Waals surface area contributed by atoms with Crippen LogP contribution >= 0.6 is 0 Å². The molecule has 0 aliphatic carbocycles. The molecule has 1 heterocycles. The highest BCUT2D eigenvalue weighted by Gasteiger charge is 2.37. The molecule has 2 aromatic rings. The van der Waals surface area contributed by atoms with Crippen LogP contribution < -0.4 is 0 Å². The fraction of sp³-hybridized carbons (Fsp3) is 0.333. The third-order valence-electron chi connectivity index (χ3n) is 3.95. The smallest absolute Gasteiger partial charge is 0.416 e. The van der Waals surface area contributed by atoms with Crippen molar-refractivity contribution in [1.29, 1.82) is 0 Å². The number of nitrogens with zero attached hydrogens (tertiary/aromatic N) is 1. The van der Waals surface area contributed by atoms with Crippen LogP contribution in [-0.4, -0.2) is 30.9 Å². The minimum atomic E-state index is -5.07. The number of hydrogen-bond acceptors (Lipinski definition) is 4. The van der Waals surface area contributed by atoms with E-state index >= 15 is 0 Å². The molecule has 5 nitrogen and oxygen atoms in total. The molecule has 29 heavy (non-hydrogen) atoms. The molecule has 0 radical (unpaired) electrons. The summed E-state index contributed by atoms with van der Waals surface area (Å²) in [6.07, 6.45) is -10.1. The number of hydrogen-bond donors (Lipinski definition) is 0. The molecule has 0 N–H and O–H groups in total. The van der Waals surface area contributed by atoms with Gasteiger partial charge in [0.2, 0.25) is 0 Å². The molecule has 1 amide bonds. The molecule has 0 atom stereocenters. The van der Waals surface area contributed by atoms with E-state index in [2.05, 4.69) is 4.74 Å². The highest BCUT2D eigenvalue weighted by atomic mass is 19.4. The number of rotatable bonds is 4. The Morgan fingerprint density at radius 3 is 1.97 bits per heavy atom. The molecule has 0 unspecified atom stereocenters. The first kappa shape index (κ1) is 22.3. The number of benzene rings is 1. The molecule has 1 aromatic heterocycles. The lowest BCUT2D eigenvalue weighted by molar-refractivity contribution is -0.143. The average molecular weight is 423 g/mol. The molecule has 0 bridgehead atoms. The van der Waals surface area contributed by atoms with Crippen molar-refractivity contribution in [3.05, 3.63) is 58.0 Å². The molecular weight excluding hydrogens is 408 g/mol. The Kier molecular flexibility index (Phi) is 6.00. The predicted octanol–water partition coefficient (Wildman–Crippen LogP) is 4.68. The summed E-state index contributed by atoms with van der Waals surface area (Å²) in [5, 5.41) is 0. The van der Waals surface area contributed by atoms with Crippen molar-refractivity contribution in [3.63, 3.8) is 0 Å². The second kappa shape index (κ2) is 7.80. The van der Waals surface area contributed by atoms with Gasteiger partial charge in [0.1, 0.15) is 17.1 Å². The molecule has 0 aliphatic rings. The highest BCUT2D eigenvalue weighted by molar-refractivity contribution is 5.94. The van der Waals surface area contributed by atoms with Crippen molar-refractivity contribution in [2.24, 2.45) is 0 Å². The fourth-order valence-electron chi connectivity index (χ4n) is 2.54. The Morgan fingerprint density at radius 2 is 1.52 bits per heavy atom. The first-order valence-corrected chi connectivity index (χ1v) is 7.96. The normalized spacial score (nSPS) is 12.0. The molecule has 158 valence electrons. The Labute approximate surface area is 160 Å². The van der Waals surface area contributed by atoms with Gasteiger partial charge in [0.15, 0.2) is 0 Å². The number of esters is 1. The van der Waals surface area contributed by atoms with Gasteiger partial charge in [-0.15, -0.1) is 0 Å². The monoisotopic (exact) mass is 423 g/mol. The third kappa shape index (κ3) is 5.09. The summed E-state index contributed by atoms with van der Waals surface area (Å²) in [5.41, 5.74) is -3.88. The van der Waals surface area contributed by atoms with Crippen LogP contribution in [-0.2, 0) is 23.6 Å². The van der Waals surface area contributed by atoms with Crippen LogP contribution in [0.15, 0.2) is 28.7 Å². The summed E-state index contributed by atoms with van der Waals surface area (Å²) in [6.45, 7) is 1.16. The summed E-state index contributed by atoms with van der Waals surface area (Å²) in [6, 6.07) is 1.91. The van der Waals surface area contributed by atoms with Crippen LogP contribution in [0.3, 0.4) is 0 Å². The second-order valence-electron chi connectivity index (χ2n) is 6.13. The van der Waals surface area contributed by atoms with Gasteiger partial charge in [-0.1, -0.05) is 0 Å². The number of amides is 1. The number of ether oxygens (including phenoxy) is 1. The molecule has 11 heteroatoms. The van der Waals surface area contributed by atoms with Crippen LogP contribution in [0, 0.1) is 6.92 Å². The first-order chi connectivity index (χ1) is 13.2. The van der Waals surface area contributed by atoms with E-state index in [0.717, 1.165) is 12.0 Å². The lowest BCUT2D eigenvalue weighted by atomic mass is 10.0. The van der Waals surface area contributed by atoms with E-state index in [0.29, 0.717) is 12.1 Å². The fourth-order valence-corrected chi connectivity index (χ4v) is 2.54. The van der Waals surface area contributed by atoms with Crippen molar-refractivity contribution < 1.29 is 45.1 Å². The number of methoxy groups -OCH3 is 1. The second-order valence-corrected chi connectivity index (χ2v) is 6.13. The van der Waals surface area contributed by atoms with E-state index in [4.69, 9.17) is 4.42 Å². The molecule has 2 rings (SSSR count). The van der Waals surface area contributed by atoms with Crippen LogP contribution in [0.1, 0.15) is 43.4 Å². The van der Waals surface area contributed by atoms with Gasteiger partial charge in [-0.25, -0.2) is 4.79 Å². The maximum atomic E-state index is 13.0. The van der Waals surface area contributed by atoms with Gasteiger partial charge in [0, 0.05) is 12.6 Å². The van der Waals surface area contributed by atoms with Crippen molar-refractivity contribution in [2.75, 3.05) is 14.2 Å². The number of carbonyl (C=O) groups is 2. The maximum Gasteiger partial charge on any atom is 0.416 e.